The van der Waals surface area contributed by atoms with E-state index in [1.165, 1.54) is 0 Å². The summed E-state index contributed by atoms with van der Waals surface area (Å²) in [4.78, 5) is 12.8. The van der Waals surface area contributed by atoms with Gasteiger partial charge >= 0.3 is 6.18 Å². The van der Waals surface area contributed by atoms with E-state index in [4.69, 9.17) is 11.6 Å². The van der Waals surface area contributed by atoms with Crippen molar-refractivity contribution in [3.8, 4) is 0 Å². The Kier molecular flexibility index (Phi) is 4.30. The normalized spacial score (nSPS) is 27.3. The fraction of sp³-hybridized carbons (Fsp3) is 0.900. The maximum Gasteiger partial charge on any atom is 0.419 e. The van der Waals surface area contributed by atoms with Gasteiger partial charge in [0.25, 0.3) is 0 Å². The van der Waals surface area contributed by atoms with Gasteiger partial charge in [-0.25, -0.2) is 0 Å². The van der Waals surface area contributed by atoms with E-state index in [1.54, 1.807) is 6.92 Å². The summed E-state index contributed by atoms with van der Waals surface area (Å²) in [5, 5.41) is -0.768. The Morgan fingerprint density at radius 1 is 1.59 bits per heavy atom. The molecule has 17 heavy (non-hydrogen) atoms. The number of halogens is 4. The van der Waals surface area contributed by atoms with Crippen LogP contribution in [-0.2, 0) is 9.53 Å². The molecule has 0 bridgehead atoms. The number of hydrogen-bond donors (Lipinski definition) is 0. The van der Waals surface area contributed by atoms with Crippen LogP contribution in [0.1, 0.15) is 19.8 Å². The zero-order chi connectivity index (χ0) is 13.3. The van der Waals surface area contributed by atoms with Crippen molar-refractivity contribution in [3.63, 3.8) is 0 Å². The monoisotopic (exact) mass is 273 g/mol. The first-order chi connectivity index (χ1) is 7.77. The molecule has 100 valence electrons. The van der Waals surface area contributed by atoms with E-state index >= 15 is 0 Å². The molecule has 0 unspecified atom stereocenters. The zero-order valence-corrected chi connectivity index (χ0v) is 10.4. The Hall–Kier alpha value is -0.490. The second kappa shape index (κ2) is 5.02. The number of carbonyl (C=O) groups excluding carboxylic acids is 1. The third-order valence-corrected chi connectivity index (χ3v) is 3.57. The van der Waals surface area contributed by atoms with E-state index in [9.17, 15) is 18.0 Å². The van der Waals surface area contributed by atoms with Crippen molar-refractivity contribution in [1.82, 2.24) is 4.90 Å². The lowest BCUT2D eigenvalue weighted by Crippen LogP contribution is -2.50. The standard InChI is InChI=1S/C10H15ClF3NO2/c1-3-7(11)8(16)15-5-4-9(6-15,17-2)10(12,13)14/h7H,3-6H2,1-2H3/t7-,9-/m1/s1. The van der Waals surface area contributed by atoms with Crippen LogP contribution in [0.25, 0.3) is 0 Å². The van der Waals surface area contributed by atoms with E-state index in [1.807, 2.05) is 0 Å². The van der Waals surface area contributed by atoms with Crippen molar-refractivity contribution < 1.29 is 22.7 Å². The van der Waals surface area contributed by atoms with Crippen molar-refractivity contribution in [2.75, 3.05) is 20.2 Å². The van der Waals surface area contributed by atoms with Crippen molar-refractivity contribution in [2.24, 2.45) is 0 Å². The average Bonchev–Trinajstić information content (AvgIpc) is 2.71. The molecule has 0 aromatic rings. The third kappa shape index (κ3) is 2.68. The largest absolute Gasteiger partial charge is 0.419 e. The highest BCUT2D eigenvalue weighted by molar-refractivity contribution is 6.30. The number of alkyl halides is 4. The van der Waals surface area contributed by atoms with Crippen LogP contribution in [-0.4, -0.2) is 48.2 Å². The lowest BCUT2D eigenvalue weighted by atomic mass is 10.0. The maximum absolute atomic E-state index is 12.8. The number of ether oxygens (including phenoxy) is 1. The molecule has 3 nitrogen and oxygen atoms in total. The first kappa shape index (κ1) is 14.6. The number of rotatable bonds is 3. The minimum absolute atomic E-state index is 0.0232. The molecule has 1 rings (SSSR count). The van der Waals surface area contributed by atoms with Gasteiger partial charge in [0.15, 0.2) is 5.60 Å². The first-order valence-corrected chi connectivity index (χ1v) is 5.76. The number of nitrogens with zero attached hydrogens (tertiary/aromatic N) is 1. The summed E-state index contributed by atoms with van der Waals surface area (Å²) in [5.74, 6) is -0.461. The molecule has 0 aliphatic carbocycles. The molecule has 1 aliphatic rings. The Labute approximate surface area is 103 Å². The molecule has 0 radical (unpaired) electrons. The number of carbonyl (C=O) groups is 1. The van der Waals surface area contributed by atoms with Gasteiger partial charge in [0.05, 0.1) is 6.54 Å². The van der Waals surface area contributed by atoms with Crippen LogP contribution in [0, 0.1) is 0 Å². The summed E-state index contributed by atoms with van der Waals surface area (Å²) in [6.07, 6.45) is -4.33. The van der Waals surface area contributed by atoms with Crippen molar-refractivity contribution >= 4 is 17.5 Å². The van der Waals surface area contributed by atoms with E-state index in [-0.39, 0.29) is 13.0 Å². The predicted octanol–water partition coefficient (Wildman–Crippen LogP) is 2.18. The average molecular weight is 274 g/mol. The van der Waals surface area contributed by atoms with Crippen LogP contribution >= 0.6 is 11.6 Å². The molecule has 1 heterocycles. The van der Waals surface area contributed by atoms with E-state index in [0.29, 0.717) is 6.42 Å². The van der Waals surface area contributed by atoms with Crippen molar-refractivity contribution in [3.05, 3.63) is 0 Å². The van der Waals surface area contributed by atoms with Crippen molar-refractivity contribution in [1.29, 1.82) is 0 Å². The van der Waals surface area contributed by atoms with Crippen LogP contribution < -0.4 is 0 Å². The molecule has 0 saturated carbocycles. The minimum atomic E-state index is -4.48. The molecule has 2 atom stereocenters. The molecule has 0 aromatic heterocycles. The van der Waals surface area contributed by atoms with Crippen LogP contribution in [0.15, 0.2) is 0 Å². The van der Waals surface area contributed by atoms with E-state index in [2.05, 4.69) is 4.74 Å². The van der Waals surface area contributed by atoms with Crippen molar-refractivity contribution in [2.45, 2.75) is 36.9 Å². The fourth-order valence-corrected chi connectivity index (χ4v) is 1.99. The summed E-state index contributed by atoms with van der Waals surface area (Å²) >= 11 is 5.73. The van der Waals surface area contributed by atoms with Crippen LogP contribution in [0.3, 0.4) is 0 Å². The number of amides is 1. The van der Waals surface area contributed by atoms with Gasteiger partial charge in [-0.15, -0.1) is 11.6 Å². The summed E-state index contributed by atoms with van der Waals surface area (Å²) in [6, 6.07) is 0. The van der Waals surface area contributed by atoms with Crippen LogP contribution in [0.4, 0.5) is 13.2 Å². The molecule has 1 saturated heterocycles. The van der Waals surface area contributed by atoms with Crippen LogP contribution in [0.5, 0.6) is 0 Å². The predicted molar refractivity (Wildman–Crippen MR) is 56.9 cm³/mol. The molecular weight excluding hydrogens is 259 g/mol. The lowest BCUT2D eigenvalue weighted by Gasteiger charge is -2.30. The highest BCUT2D eigenvalue weighted by atomic mass is 35.5. The number of likely N-dealkylation sites (tertiary alicyclic amines) is 1. The smallest absolute Gasteiger partial charge is 0.367 e. The number of methoxy groups -OCH3 is 1. The Bertz CT molecular complexity index is 298. The van der Waals surface area contributed by atoms with Gasteiger partial charge in [-0.1, -0.05) is 6.92 Å². The summed E-state index contributed by atoms with van der Waals surface area (Å²) in [6.45, 7) is 1.25. The highest BCUT2D eigenvalue weighted by Gasteiger charge is 2.59. The Balaban J connectivity index is 2.78. The SMILES string of the molecule is CC[C@@H](Cl)C(=O)N1CC[C@](OC)(C(F)(F)F)C1. The summed E-state index contributed by atoms with van der Waals surface area (Å²) in [5.41, 5.74) is -2.24. The topological polar surface area (TPSA) is 29.5 Å². The van der Waals surface area contributed by atoms with Gasteiger partial charge in [-0.05, 0) is 6.42 Å². The molecular formula is C10H15ClF3NO2. The molecule has 0 aromatic carbocycles. The summed E-state index contributed by atoms with van der Waals surface area (Å²) in [7, 11) is 1.01. The molecule has 1 fully saturated rings. The summed E-state index contributed by atoms with van der Waals surface area (Å²) < 4.78 is 43.1. The van der Waals surface area contributed by atoms with Gasteiger partial charge in [0.1, 0.15) is 5.38 Å². The lowest BCUT2D eigenvalue weighted by molar-refractivity contribution is -0.263. The molecule has 7 heteroatoms. The molecule has 0 N–H and O–H groups in total. The highest BCUT2D eigenvalue weighted by Crippen LogP contribution is 2.40. The Morgan fingerprint density at radius 2 is 2.18 bits per heavy atom. The van der Waals surface area contributed by atoms with Gasteiger partial charge < -0.3 is 9.64 Å². The fourth-order valence-electron chi connectivity index (χ4n) is 1.86. The zero-order valence-electron chi connectivity index (χ0n) is 9.68. The van der Waals surface area contributed by atoms with Gasteiger partial charge in [-0.2, -0.15) is 13.2 Å². The van der Waals surface area contributed by atoms with E-state index in [0.717, 1.165) is 12.0 Å². The maximum atomic E-state index is 12.8. The number of hydrogen-bond acceptors (Lipinski definition) is 2. The van der Waals surface area contributed by atoms with Crippen LogP contribution in [0.2, 0.25) is 0 Å². The molecule has 1 aliphatic heterocycles. The molecule has 0 spiro atoms. The second-order valence-corrected chi connectivity index (χ2v) is 4.61. The third-order valence-electron chi connectivity index (χ3n) is 3.08. The van der Waals surface area contributed by atoms with Gasteiger partial charge in [0.2, 0.25) is 5.91 Å². The first-order valence-electron chi connectivity index (χ1n) is 5.32. The van der Waals surface area contributed by atoms with Gasteiger partial charge in [-0.3, -0.25) is 4.79 Å². The minimum Gasteiger partial charge on any atom is -0.367 e. The quantitative estimate of drug-likeness (QED) is 0.738. The Morgan fingerprint density at radius 3 is 2.53 bits per heavy atom. The molecule has 1 amide bonds. The van der Waals surface area contributed by atoms with Gasteiger partial charge in [0, 0.05) is 20.1 Å². The van der Waals surface area contributed by atoms with E-state index < -0.39 is 29.6 Å². The second-order valence-electron chi connectivity index (χ2n) is 4.08.